The maximum Gasteiger partial charge on any atom is 0.282 e. The maximum absolute atomic E-state index is 13.0. The number of halogens is 1. The van der Waals surface area contributed by atoms with E-state index in [9.17, 15) is 13.2 Å². The molecule has 2 fully saturated rings. The monoisotopic (exact) mass is 441 g/mol. The minimum absolute atomic E-state index is 0.113. The van der Waals surface area contributed by atoms with Crippen molar-refractivity contribution in [3.05, 3.63) is 34.2 Å². The van der Waals surface area contributed by atoms with Gasteiger partial charge in [0.2, 0.25) is 0 Å². The van der Waals surface area contributed by atoms with Gasteiger partial charge in [0.15, 0.2) is 0 Å². The molecule has 0 spiro atoms. The highest BCUT2D eigenvalue weighted by Crippen LogP contribution is 2.36. The lowest BCUT2D eigenvalue weighted by atomic mass is 10.2. The number of rotatable bonds is 3. The van der Waals surface area contributed by atoms with E-state index in [0.29, 0.717) is 49.2 Å². The van der Waals surface area contributed by atoms with Crippen LogP contribution in [0.5, 0.6) is 0 Å². The van der Waals surface area contributed by atoms with Crippen molar-refractivity contribution in [2.24, 2.45) is 0 Å². The summed E-state index contributed by atoms with van der Waals surface area (Å²) in [6.07, 6.45) is 4.01. The van der Waals surface area contributed by atoms with Crippen LogP contribution >= 0.6 is 22.9 Å². The minimum Gasteiger partial charge on any atom is -0.335 e. The second kappa shape index (κ2) is 8.28. The van der Waals surface area contributed by atoms with Crippen LogP contribution in [0.4, 0.5) is 0 Å². The van der Waals surface area contributed by atoms with Crippen LogP contribution in [0.1, 0.15) is 35.4 Å². The molecule has 0 N–H and O–H groups in total. The third kappa shape index (κ3) is 3.80. The first-order chi connectivity index (χ1) is 13.5. The summed E-state index contributed by atoms with van der Waals surface area (Å²) >= 11 is 7.83. The van der Waals surface area contributed by atoms with Crippen molar-refractivity contribution in [1.82, 2.24) is 13.5 Å². The topological polar surface area (TPSA) is 60.9 Å². The molecule has 2 saturated heterocycles. The molecule has 3 heterocycles. The zero-order valence-corrected chi connectivity index (χ0v) is 18.0. The second-order valence-electron chi connectivity index (χ2n) is 7.25. The second-order valence-corrected chi connectivity index (χ2v) is 10.6. The van der Waals surface area contributed by atoms with Gasteiger partial charge in [0.25, 0.3) is 16.1 Å². The summed E-state index contributed by atoms with van der Waals surface area (Å²) in [5, 5.41) is 1.38. The molecule has 152 valence electrons. The van der Waals surface area contributed by atoms with Gasteiger partial charge in [-0.05, 0) is 18.9 Å². The Bertz CT molecular complexity index is 960. The van der Waals surface area contributed by atoms with E-state index in [4.69, 9.17) is 11.6 Å². The molecule has 2 aliphatic heterocycles. The highest BCUT2D eigenvalue weighted by atomic mass is 35.5. The van der Waals surface area contributed by atoms with Crippen LogP contribution in [0.15, 0.2) is 24.3 Å². The van der Waals surface area contributed by atoms with Crippen LogP contribution in [0, 0.1) is 0 Å². The molecule has 6 nitrogen and oxygen atoms in total. The molecular weight excluding hydrogens is 418 g/mol. The van der Waals surface area contributed by atoms with E-state index in [2.05, 4.69) is 0 Å². The van der Waals surface area contributed by atoms with Crippen molar-refractivity contribution in [2.45, 2.75) is 25.7 Å². The lowest BCUT2D eigenvalue weighted by Gasteiger charge is -2.36. The highest BCUT2D eigenvalue weighted by Gasteiger charge is 2.34. The van der Waals surface area contributed by atoms with E-state index in [1.54, 1.807) is 9.21 Å². The van der Waals surface area contributed by atoms with Gasteiger partial charge < -0.3 is 4.90 Å². The summed E-state index contributed by atoms with van der Waals surface area (Å²) < 4.78 is 30.0. The molecule has 1 aromatic carbocycles. The van der Waals surface area contributed by atoms with Gasteiger partial charge in [-0.25, -0.2) is 0 Å². The highest BCUT2D eigenvalue weighted by molar-refractivity contribution is 7.86. The van der Waals surface area contributed by atoms with E-state index in [0.717, 1.165) is 35.8 Å². The number of hydrogen-bond donors (Lipinski definition) is 0. The molecule has 1 aromatic heterocycles. The van der Waals surface area contributed by atoms with Gasteiger partial charge in [-0.15, -0.1) is 11.3 Å². The standard InChI is InChI=1S/C19H24ClN3O3S2/c20-17-15-7-3-4-8-16(15)27-18(17)19(24)21-11-13-23(14-12-21)28(25,26)22-9-5-1-2-6-10-22/h3-4,7-8H,1-2,5-6,9-14H2. The number of nitrogens with zero attached hydrogens (tertiary/aromatic N) is 3. The SMILES string of the molecule is O=C(c1sc2ccccc2c1Cl)N1CCN(S(=O)(=O)N2CCCCCC2)CC1. The quantitative estimate of drug-likeness (QED) is 0.733. The van der Waals surface area contributed by atoms with Crippen molar-refractivity contribution in [1.29, 1.82) is 0 Å². The van der Waals surface area contributed by atoms with Crippen molar-refractivity contribution in [3.8, 4) is 0 Å². The number of amides is 1. The Labute approximate surface area is 174 Å². The Hall–Kier alpha value is -1.19. The van der Waals surface area contributed by atoms with Gasteiger partial charge in [0.05, 0.1) is 5.02 Å². The van der Waals surface area contributed by atoms with Gasteiger partial charge in [-0.3, -0.25) is 4.79 Å². The summed E-state index contributed by atoms with van der Waals surface area (Å²) in [6, 6.07) is 7.70. The first kappa shape index (κ1) is 20.1. The summed E-state index contributed by atoms with van der Waals surface area (Å²) in [4.78, 5) is 15.2. The van der Waals surface area contributed by atoms with E-state index in [-0.39, 0.29) is 5.91 Å². The predicted molar refractivity (Wildman–Crippen MR) is 113 cm³/mol. The number of carbonyl (C=O) groups excluding carboxylic acids is 1. The molecule has 2 aliphatic rings. The Morgan fingerprint density at radius 1 is 0.893 bits per heavy atom. The summed E-state index contributed by atoms with van der Waals surface area (Å²) in [7, 11) is -3.45. The molecule has 2 aromatic rings. The molecular formula is C19H24ClN3O3S2. The number of thiophene rings is 1. The molecule has 1 amide bonds. The van der Waals surface area contributed by atoms with Crippen LogP contribution < -0.4 is 0 Å². The molecule has 0 atom stereocenters. The Morgan fingerprint density at radius 3 is 2.14 bits per heavy atom. The number of carbonyl (C=O) groups is 1. The van der Waals surface area contributed by atoms with Gasteiger partial charge >= 0.3 is 0 Å². The smallest absolute Gasteiger partial charge is 0.282 e. The fraction of sp³-hybridized carbons (Fsp3) is 0.526. The van der Waals surface area contributed by atoms with E-state index < -0.39 is 10.2 Å². The lowest BCUT2D eigenvalue weighted by molar-refractivity contribution is 0.0699. The first-order valence-electron chi connectivity index (χ1n) is 9.70. The van der Waals surface area contributed by atoms with Crippen LogP contribution in [0.25, 0.3) is 10.1 Å². The van der Waals surface area contributed by atoms with Gasteiger partial charge in [-0.2, -0.15) is 17.0 Å². The van der Waals surface area contributed by atoms with E-state index in [1.807, 2.05) is 24.3 Å². The molecule has 0 saturated carbocycles. The van der Waals surface area contributed by atoms with Crippen LogP contribution in [0.3, 0.4) is 0 Å². The number of benzene rings is 1. The molecule has 0 unspecified atom stereocenters. The number of fused-ring (bicyclic) bond motifs is 1. The molecule has 0 aliphatic carbocycles. The van der Waals surface area contributed by atoms with E-state index >= 15 is 0 Å². The summed E-state index contributed by atoms with van der Waals surface area (Å²) in [5.41, 5.74) is 0. The summed E-state index contributed by atoms with van der Waals surface area (Å²) in [6.45, 7) is 2.62. The van der Waals surface area contributed by atoms with Crippen molar-refractivity contribution < 1.29 is 13.2 Å². The molecule has 0 radical (unpaired) electrons. The third-order valence-corrected chi connectivity index (χ3v) is 9.17. The van der Waals surface area contributed by atoms with Crippen LogP contribution in [-0.2, 0) is 10.2 Å². The Kier molecular flexibility index (Phi) is 5.94. The molecule has 4 rings (SSSR count). The summed E-state index contributed by atoms with van der Waals surface area (Å²) in [5.74, 6) is -0.113. The van der Waals surface area contributed by atoms with Gasteiger partial charge in [-0.1, -0.05) is 42.6 Å². The van der Waals surface area contributed by atoms with Gasteiger partial charge in [0, 0.05) is 49.4 Å². The fourth-order valence-corrected chi connectivity index (χ4v) is 7.00. The lowest BCUT2D eigenvalue weighted by Crippen LogP contribution is -2.54. The number of hydrogen-bond acceptors (Lipinski definition) is 4. The Morgan fingerprint density at radius 2 is 1.50 bits per heavy atom. The average molecular weight is 442 g/mol. The minimum atomic E-state index is -3.45. The van der Waals surface area contributed by atoms with Crippen LogP contribution in [0.2, 0.25) is 5.02 Å². The number of piperazine rings is 1. The van der Waals surface area contributed by atoms with Crippen LogP contribution in [-0.4, -0.2) is 67.1 Å². The molecule has 0 bridgehead atoms. The zero-order valence-electron chi connectivity index (χ0n) is 15.6. The average Bonchev–Trinajstić information content (AvgIpc) is 2.89. The first-order valence-corrected chi connectivity index (χ1v) is 12.3. The third-order valence-electron chi connectivity index (χ3n) is 5.47. The zero-order chi connectivity index (χ0) is 19.7. The molecule has 28 heavy (non-hydrogen) atoms. The predicted octanol–water partition coefficient (Wildman–Crippen LogP) is 3.43. The van der Waals surface area contributed by atoms with E-state index in [1.165, 1.54) is 15.6 Å². The van der Waals surface area contributed by atoms with Gasteiger partial charge in [0.1, 0.15) is 4.88 Å². The fourth-order valence-electron chi connectivity index (χ4n) is 3.85. The maximum atomic E-state index is 13.0. The van der Waals surface area contributed by atoms with Crippen molar-refractivity contribution in [3.63, 3.8) is 0 Å². The normalized spacial score (nSPS) is 20.4. The molecule has 9 heteroatoms. The van der Waals surface area contributed by atoms with Crippen molar-refractivity contribution >= 4 is 49.1 Å². The van der Waals surface area contributed by atoms with Crippen molar-refractivity contribution in [2.75, 3.05) is 39.3 Å². The largest absolute Gasteiger partial charge is 0.335 e. The Balaban J connectivity index is 1.44.